The molecule has 41 heavy (non-hydrogen) atoms. The number of ether oxygens (including phenoxy) is 2. The van der Waals surface area contributed by atoms with Gasteiger partial charge in [0.1, 0.15) is 11.5 Å². The van der Waals surface area contributed by atoms with Gasteiger partial charge in [0.2, 0.25) is 0 Å². The molecule has 202 valence electrons. The Balaban J connectivity index is 1.52. The predicted molar refractivity (Wildman–Crippen MR) is 163 cm³/mol. The van der Waals surface area contributed by atoms with Crippen molar-refractivity contribution in [1.82, 2.24) is 0 Å². The van der Waals surface area contributed by atoms with Gasteiger partial charge >= 0.3 is 5.97 Å². The van der Waals surface area contributed by atoms with Crippen LogP contribution < -0.4 is 15.4 Å². The summed E-state index contributed by atoms with van der Waals surface area (Å²) in [4.78, 5) is 13.5. The molecular weight excluding hydrogens is 508 g/mol. The maximum atomic E-state index is 13.5. The largest absolute Gasteiger partial charge is 0.456 e. The Bertz CT molecular complexity index is 1830. The summed E-state index contributed by atoms with van der Waals surface area (Å²) in [6.45, 7) is 6.33. The molecular formula is C36H30N2O3. The van der Waals surface area contributed by atoms with Crippen molar-refractivity contribution in [3.05, 3.63) is 142 Å². The third kappa shape index (κ3) is 3.96. The van der Waals surface area contributed by atoms with Gasteiger partial charge in [-0.25, -0.2) is 4.79 Å². The molecule has 5 heteroatoms. The van der Waals surface area contributed by atoms with Gasteiger partial charge in [-0.15, -0.1) is 0 Å². The number of anilines is 4. The molecule has 1 unspecified atom stereocenters. The third-order valence-corrected chi connectivity index (χ3v) is 8.01. The molecule has 0 aromatic heterocycles. The van der Waals surface area contributed by atoms with E-state index in [2.05, 4.69) is 73.9 Å². The Morgan fingerprint density at radius 2 is 1.41 bits per heavy atom. The number of para-hydroxylation sites is 1. The first kappa shape index (κ1) is 25.0. The number of hydrogen-bond acceptors (Lipinski definition) is 5. The first-order valence-corrected chi connectivity index (χ1v) is 14.0. The van der Waals surface area contributed by atoms with Crippen LogP contribution in [0.2, 0.25) is 0 Å². The summed E-state index contributed by atoms with van der Waals surface area (Å²) in [6, 6.07) is 34.2. The normalized spacial score (nSPS) is 16.3. The fourth-order valence-corrected chi connectivity index (χ4v) is 6.02. The van der Waals surface area contributed by atoms with Crippen LogP contribution in [0, 0.1) is 13.8 Å². The number of aryl methyl sites for hydroxylation is 3. The second-order valence-electron chi connectivity index (χ2n) is 10.7. The van der Waals surface area contributed by atoms with Crippen LogP contribution >= 0.6 is 0 Å². The highest BCUT2D eigenvalue weighted by Crippen LogP contribution is 2.59. The molecule has 2 aliphatic rings. The summed E-state index contributed by atoms with van der Waals surface area (Å²) in [7, 11) is 0. The molecule has 5 aromatic rings. The van der Waals surface area contributed by atoms with Crippen molar-refractivity contribution in [3.8, 4) is 11.5 Å². The summed E-state index contributed by atoms with van der Waals surface area (Å²) in [5.41, 5.74) is 8.88. The minimum atomic E-state index is -1.19. The number of fused-ring (bicyclic) bond motifs is 6. The molecule has 0 aliphatic carbocycles. The van der Waals surface area contributed by atoms with Gasteiger partial charge in [0.25, 0.3) is 0 Å². The van der Waals surface area contributed by atoms with E-state index in [0.29, 0.717) is 17.1 Å². The lowest BCUT2D eigenvalue weighted by Crippen LogP contribution is -2.34. The maximum absolute atomic E-state index is 13.5. The second kappa shape index (κ2) is 9.56. The van der Waals surface area contributed by atoms with Crippen LogP contribution in [-0.4, -0.2) is 5.97 Å². The highest BCUT2D eigenvalue weighted by molar-refractivity contribution is 5.98. The average Bonchev–Trinajstić information content (AvgIpc) is 3.28. The summed E-state index contributed by atoms with van der Waals surface area (Å²) in [6.07, 6.45) is 0.863. The van der Waals surface area contributed by atoms with Gasteiger partial charge in [0, 0.05) is 22.5 Å². The number of carbonyl (C=O) groups excluding carboxylic acids is 1. The molecule has 2 N–H and O–H groups in total. The Kier molecular flexibility index (Phi) is 5.82. The van der Waals surface area contributed by atoms with Gasteiger partial charge in [0.05, 0.1) is 22.5 Å². The Hall–Kier alpha value is -5.03. The molecule has 0 fully saturated rings. The molecule has 5 aromatic carbocycles. The topological polar surface area (TPSA) is 59.6 Å². The van der Waals surface area contributed by atoms with Crippen molar-refractivity contribution < 1.29 is 14.3 Å². The van der Waals surface area contributed by atoms with Crippen LogP contribution in [0.25, 0.3) is 0 Å². The van der Waals surface area contributed by atoms with Crippen LogP contribution in [0.15, 0.2) is 103 Å². The number of nitrogens with one attached hydrogen (secondary N) is 2. The summed E-state index contributed by atoms with van der Waals surface area (Å²) in [5.74, 6) is 0.949. The van der Waals surface area contributed by atoms with Gasteiger partial charge in [-0.1, -0.05) is 78.7 Å². The van der Waals surface area contributed by atoms with Crippen molar-refractivity contribution in [2.75, 3.05) is 10.6 Å². The highest BCUT2D eigenvalue weighted by Gasteiger charge is 2.55. The second-order valence-corrected chi connectivity index (χ2v) is 10.7. The van der Waals surface area contributed by atoms with Crippen LogP contribution in [0.3, 0.4) is 0 Å². The molecule has 7 rings (SSSR count). The van der Waals surface area contributed by atoms with Gasteiger partial charge in [0.15, 0.2) is 5.60 Å². The zero-order chi connectivity index (χ0) is 28.1. The lowest BCUT2D eigenvalue weighted by molar-refractivity contribution is 0.0227. The molecule has 1 spiro atoms. The molecule has 0 radical (unpaired) electrons. The van der Waals surface area contributed by atoms with E-state index in [9.17, 15) is 4.79 Å². The molecule has 2 heterocycles. The Labute approximate surface area is 239 Å². The van der Waals surface area contributed by atoms with E-state index in [0.717, 1.165) is 45.9 Å². The maximum Gasteiger partial charge on any atom is 0.340 e. The summed E-state index contributed by atoms with van der Waals surface area (Å²) < 4.78 is 13.0. The van der Waals surface area contributed by atoms with Crippen molar-refractivity contribution in [2.45, 2.75) is 32.8 Å². The smallest absolute Gasteiger partial charge is 0.340 e. The minimum Gasteiger partial charge on any atom is -0.456 e. The predicted octanol–water partition coefficient (Wildman–Crippen LogP) is 8.92. The van der Waals surface area contributed by atoms with Crippen molar-refractivity contribution >= 4 is 28.7 Å². The fraction of sp³-hybridized carbons (Fsp3) is 0.139. The SMILES string of the molecule is CCc1cc(C)ccc1Nc1c(Nc2ccc(C)cc2)ccc2c1C1(OC(=O)c3ccccc31)c1ccccc1O2. The Morgan fingerprint density at radius 3 is 2.22 bits per heavy atom. The van der Waals surface area contributed by atoms with E-state index < -0.39 is 5.60 Å². The molecule has 0 saturated carbocycles. The van der Waals surface area contributed by atoms with Gasteiger partial charge in [-0.05, 0) is 68.3 Å². The van der Waals surface area contributed by atoms with Gasteiger partial charge in [-0.2, -0.15) is 0 Å². The van der Waals surface area contributed by atoms with Crippen molar-refractivity contribution in [1.29, 1.82) is 0 Å². The van der Waals surface area contributed by atoms with E-state index in [4.69, 9.17) is 9.47 Å². The zero-order valence-corrected chi connectivity index (χ0v) is 23.2. The van der Waals surface area contributed by atoms with Gasteiger partial charge < -0.3 is 20.1 Å². The fourth-order valence-electron chi connectivity index (χ4n) is 6.02. The third-order valence-electron chi connectivity index (χ3n) is 8.01. The molecule has 2 aliphatic heterocycles. The van der Waals surface area contributed by atoms with Crippen LogP contribution in [-0.2, 0) is 16.8 Å². The zero-order valence-electron chi connectivity index (χ0n) is 23.2. The standard InChI is InChI=1S/C36H30N2O3/c1-4-24-21-23(3)15-18-29(24)38-34-30(37-25-16-13-22(2)14-17-25)19-20-32-33(34)36(28-11-7-8-12-31(28)40-32)27-10-6-5-9-26(27)35(39)41-36/h5-21,37-38H,4H2,1-3H3. The summed E-state index contributed by atoms with van der Waals surface area (Å²) >= 11 is 0. The lowest BCUT2D eigenvalue weighted by atomic mass is 9.76. The van der Waals surface area contributed by atoms with Crippen LogP contribution in [0.4, 0.5) is 22.7 Å². The first-order chi connectivity index (χ1) is 20.0. The van der Waals surface area contributed by atoms with E-state index >= 15 is 0 Å². The molecule has 5 nitrogen and oxygen atoms in total. The lowest BCUT2D eigenvalue weighted by Gasteiger charge is -2.38. The average molecular weight is 539 g/mol. The monoisotopic (exact) mass is 538 g/mol. The first-order valence-electron chi connectivity index (χ1n) is 14.0. The molecule has 1 atom stereocenters. The highest BCUT2D eigenvalue weighted by atomic mass is 16.6. The van der Waals surface area contributed by atoms with E-state index in [1.165, 1.54) is 16.7 Å². The van der Waals surface area contributed by atoms with E-state index in [1.807, 2.05) is 60.7 Å². The molecule has 0 amide bonds. The van der Waals surface area contributed by atoms with Gasteiger partial charge in [-0.3, -0.25) is 0 Å². The molecule has 0 saturated heterocycles. The quantitative estimate of drug-likeness (QED) is 0.219. The number of rotatable bonds is 5. The van der Waals surface area contributed by atoms with E-state index in [1.54, 1.807) is 0 Å². The van der Waals surface area contributed by atoms with Crippen molar-refractivity contribution in [3.63, 3.8) is 0 Å². The number of esters is 1. The number of carbonyl (C=O) groups is 1. The van der Waals surface area contributed by atoms with Crippen LogP contribution in [0.5, 0.6) is 11.5 Å². The number of benzene rings is 5. The Morgan fingerprint density at radius 1 is 0.707 bits per heavy atom. The minimum absolute atomic E-state index is 0.351. The summed E-state index contributed by atoms with van der Waals surface area (Å²) in [5, 5.41) is 7.40. The van der Waals surface area contributed by atoms with Crippen LogP contribution in [0.1, 0.15) is 50.7 Å². The number of hydrogen-bond donors (Lipinski definition) is 2. The molecule has 0 bridgehead atoms. The van der Waals surface area contributed by atoms with E-state index in [-0.39, 0.29) is 5.97 Å². The van der Waals surface area contributed by atoms with Crippen molar-refractivity contribution in [2.24, 2.45) is 0 Å².